The lowest BCUT2D eigenvalue weighted by Crippen LogP contribution is -2.46. The van der Waals surface area contributed by atoms with E-state index in [1.54, 1.807) is 0 Å². The Bertz CT molecular complexity index is 307. The van der Waals surface area contributed by atoms with Crippen LogP contribution in [0, 0.1) is 0 Å². The average molecular weight is 233 g/mol. The van der Waals surface area contributed by atoms with Gasteiger partial charge in [-0.1, -0.05) is 13.0 Å². The Labute approximate surface area is 104 Å². The maximum absolute atomic E-state index is 4.39. The number of piperidine rings is 1. The minimum atomic E-state index is 0.720. The summed E-state index contributed by atoms with van der Waals surface area (Å²) in [5.74, 6) is 0. The normalized spacial score (nSPS) is 20.7. The van der Waals surface area contributed by atoms with Crippen molar-refractivity contribution in [3.05, 3.63) is 30.1 Å². The van der Waals surface area contributed by atoms with E-state index in [0.717, 1.165) is 32.1 Å². The zero-order valence-electron chi connectivity index (χ0n) is 10.7. The molecule has 3 nitrogen and oxygen atoms in total. The Hall–Kier alpha value is -0.930. The molecule has 1 aromatic rings. The van der Waals surface area contributed by atoms with Gasteiger partial charge in [-0.2, -0.15) is 0 Å². The van der Waals surface area contributed by atoms with Crippen molar-refractivity contribution in [2.45, 2.75) is 32.2 Å². The number of hydrogen-bond acceptors (Lipinski definition) is 3. The van der Waals surface area contributed by atoms with E-state index in [1.807, 2.05) is 12.3 Å². The van der Waals surface area contributed by atoms with E-state index in [1.165, 1.54) is 25.1 Å². The van der Waals surface area contributed by atoms with Crippen LogP contribution in [-0.4, -0.2) is 42.1 Å². The number of pyridine rings is 1. The fourth-order valence-electron chi connectivity index (χ4n) is 2.55. The first kappa shape index (κ1) is 12.5. The summed E-state index contributed by atoms with van der Waals surface area (Å²) in [5, 5.41) is 3.49. The molecule has 1 fully saturated rings. The highest BCUT2D eigenvalue weighted by Crippen LogP contribution is 2.10. The van der Waals surface area contributed by atoms with Crippen molar-refractivity contribution in [2.75, 3.05) is 26.2 Å². The van der Waals surface area contributed by atoms with Crippen molar-refractivity contribution < 1.29 is 0 Å². The maximum Gasteiger partial charge on any atom is 0.0416 e. The monoisotopic (exact) mass is 233 g/mol. The second-order valence-corrected chi connectivity index (χ2v) is 4.70. The molecule has 0 aliphatic carbocycles. The Kier molecular flexibility index (Phi) is 4.95. The molecule has 0 amide bonds. The van der Waals surface area contributed by atoms with Gasteiger partial charge in [0.2, 0.25) is 0 Å². The Morgan fingerprint density at radius 1 is 1.47 bits per heavy atom. The Morgan fingerprint density at radius 2 is 2.41 bits per heavy atom. The highest BCUT2D eigenvalue weighted by atomic mass is 15.2. The van der Waals surface area contributed by atoms with Gasteiger partial charge in [-0.25, -0.2) is 0 Å². The van der Waals surface area contributed by atoms with E-state index in [9.17, 15) is 0 Å². The van der Waals surface area contributed by atoms with Gasteiger partial charge in [0.15, 0.2) is 0 Å². The van der Waals surface area contributed by atoms with Crippen LogP contribution < -0.4 is 5.32 Å². The third-order valence-electron chi connectivity index (χ3n) is 3.57. The first-order chi connectivity index (χ1) is 8.40. The molecule has 1 saturated heterocycles. The molecule has 1 aromatic heterocycles. The quantitative estimate of drug-likeness (QED) is 0.839. The summed E-state index contributed by atoms with van der Waals surface area (Å²) in [4.78, 5) is 6.97. The lowest BCUT2D eigenvalue weighted by molar-refractivity contribution is 0.175. The summed E-state index contributed by atoms with van der Waals surface area (Å²) in [5.41, 5.74) is 1.20. The first-order valence-electron chi connectivity index (χ1n) is 6.75. The van der Waals surface area contributed by atoms with Crippen LogP contribution in [0.3, 0.4) is 0 Å². The highest BCUT2D eigenvalue weighted by Gasteiger charge is 2.19. The second kappa shape index (κ2) is 6.72. The summed E-state index contributed by atoms with van der Waals surface area (Å²) in [6, 6.07) is 6.89. The summed E-state index contributed by atoms with van der Waals surface area (Å²) in [7, 11) is 0. The molecule has 0 bridgehead atoms. The van der Waals surface area contributed by atoms with Crippen molar-refractivity contribution in [3.63, 3.8) is 0 Å². The van der Waals surface area contributed by atoms with E-state index in [-0.39, 0.29) is 0 Å². The Morgan fingerprint density at radius 3 is 3.06 bits per heavy atom. The molecule has 2 heterocycles. The number of aromatic nitrogens is 1. The van der Waals surface area contributed by atoms with Crippen LogP contribution in [0.1, 0.15) is 25.5 Å². The van der Waals surface area contributed by atoms with Crippen LogP contribution in [0.15, 0.2) is 24.4 Å². The molecule has 94 valence electrons. The zero-order chi connectivity index (χ0) is 11.9. The second-order valence-electron chi connectivity index (χ2n) is 4.70. The van der Waals surface area contributed by atoms with E-state index in [0.29, 0.717) is 0 Å². The van der Waals surface area contributed by atoms with Crippen LogP contribution >= 0.6 is 0 Å². The molecule has 3 heteroatoms. The SMILES string of the molecule is CCN(CCc1ccccn1)C1CCCNC1. The molecule has 0 spiro atoms. The molecule has 0 saturated carbocycles. The lowest BCUT2D eigenvalue weighted by Gasteiger charge is -2.33. The predicted octanol–water partition coefficient (Wildman–Crippen LogP) is 1.70. The third-order valence-corrected chi connectivity index (χ3v) is 3.57. The molecular weight excluding hydrogens is 210 g/mol. The standard InChI is InChI=1S/C14H23N3/c1-2-17(14-7-5-9-15-12-14)11-8-13-6-3-4-10-16-13/h3-4,6,10,14-15H,2,5,7-9,11-12H2,1H3. The molecule has 0 radical (unpaired) electrons. The van der Waals surface area contributed by atoms with E-state index >= 15 is 0 Å². The van der Waals surface area contributed by atoms with E-state index in [4.69, 9.17) is 0 Å². The van der Waals surface area contributed by atoms with Crippen LogP contribution in [0.4, 0.5) is 0 Å². The van der Waals surface area contributed by atoms with Crippen LogP contribution in [-0.2, 0) is 6.42 Å². The van der Waals surface area contributed by atoms with Gasteiger partial charge in [-0.3, -0.25) is 9.88 Å². The molecule has 17 heavy (non-hydrogen) atoms. The minimum absolute atomic E-state index is 0.720. The molecular formula is C14H23N3. The topological polar surface area (TPSA) is 28.2 Å². The van der Waals surface area contributed by atoms with E-state index in [2.05, 4.69) is 34.3 Å². The van der Waals surface area contributed by atoms with Gasteiger partial charge in [0, 0.05) is 37.4 Å². The minimum Gasteiger partial charge on any atom is -0.315 e. The smallest absolute Gasteiger partial charge is 0.0416 e. The van der Waals surface area contributed by atoms with Crippen molar-refractivity contribution in [1.82, 2.24) is 15.2 Å². The van der Waals surface area contributed by atoms with Crippen molar-refractivity contribution >= 4 is 0 Å². The van der Waals surface area contributed by atoms with Crippen molar-refractivity contribution in [3.8, 4) is 0 Å². The number of likely N-dealkylation sites (N-methyl/N-ethyl adjacent to an activating group) is 1. The molecule has 1 atom stereocenters. The molecule has 2 rings (SSSR count). The third kappa shape index (κ3) is 3.79. The fourth-order valence-corrected chi connectivity index (χ4v) is 2.55. The number of nitrogens with zero attached hydrogens (tertiary/aromatic N) is 2. The highest BCUT2D eigenvalue weighted by molar-refractivity contribution is 5.03. The van der Waals surface area contributed by atoms with Gasteiger partial charge in [0.05, 0.1) is 0 Å². The van der Waals surface area contributed by atoms with Gasteiger partial charge >= 0.3 is 0 Å². The van der Waals surface area contributed by atoms with Crippen molar-refractivity contribution in [1.29, 1.82) is 0 Å². The molecule has 1 aliphatic rings. The van der Waals surface area contributed by atoms with Crippen molar-refractivity contribution in [2.24, 2.45) is 0 Å². The van der Waals surface area contributed by atoms with Crippen LogP contribution in [0.2, 0.25) is 0 Å². The molecule has 1 aliphatic heterocycles. The van der Waals surface area contributed by atoms with Gasteiger partial charge in [-0.15, -0.1) is 0 Å². The zero-order valence-corrected chi connectivity index (χ0v) is 10.7. The largest absolute Gasteiger partial charge is 0.315 e. The number of rotatable bonds is 5. The summed E-state index contributed by atoms with van der Waals surface area (Å²) in [6.07, 6.45) is 5.59. The van der Waals surface area contributed by atoms with Crippen LogP contribution in [0.5, 0.6) is 0 Å². The average Bonchev–Trinajstić information content (AvgIpc) is 2.42. The predicted molar refractivity (Wildman–Crippen MR) is 71.1 cm³/mol. The van der Waals surface area contributed by atoms with Gasteiger partial charge in [0.1, 0.15) is 0 Å². The summed E-state index contributed by atoms with van der Waals surface area (Å²) >= 11 is 0. The maximum atomic E-state index is 4.39. The van der Waals surface area contributed by atoms with Gasteiger partial charge in [0.25, 0.3) is 0 Å². The summed E-state index contributed by atoms with van der Waals surface area (Å²) in [6.45, 7) is 6.86. The first-order valence-corrected chi connectivity index (χ1v) is 6.75. The fraction of sp³-hybridized carbons (Fsp3) is 0.643. The summed E-state index contributed by atoms with van der Waals surface area (Å²) < 4.78 is 0. The molecule has 0 aromatic carbocycles. The van der Waals surface area contributed by atoms with Gasteiger partial charge in [-0.05, 0) is 38.1 Å². The molecule has 1 unspecified atom stereocenters. The molecule has 1 N–H and O–H groups in total. The van der Waals surface area contributed by atoms with Crippen LogP contribution in [0.25, 0.3) is 0 Å². The Balaban J connectivity index is 1.82. The number of hydrogen-bond donors (Lipinski definition) is 1. The number of nitrogens with one attached hydrogen (secondary N) is 1. The van der Waals surface area contributed by atoms with E-state index < -0.39 is 0 Å². The lowest BCUT2D eigenvalue weighted by atomic mass is 10.1. The van der Waals surface area contributed by atoms with Gasteiger partial charge < -0.3 is 5.32 Å².